The summed E-state index contributed by atoms with van der Waals surface area (Å²) in [6.07, 6.45) is 4.15. The molecular weight excluding hydrogens is 438 g/mol. The predicted molar refractivity (Wildman–Crippen MR) is 137 cm³/mol. The van der Waals surface area contributed by atoms with Crippen LogP contribution in [0.1, 0.15) is 16.1 Å². The second-order valence-corrected chi connectivity index (χ2v) is 8.49. The number of fused-ring (bicyclic) bond motifs is 1. The number of nitrogens with one attached hydrogen (secondary N) is 1. The van der Waals surface area contributed by atoms with Crippen LogP contribution in [0, 0.1) is 0 Å². The van der Waals surface area contributed by atoms with Crippen molar-refractivity contribution in [1.29, 1.82) is 0 Å². The number of aliphatic carboxylic acids is 1. The highest BCUT2D eigenvalue weighted by atomic mass is 16.4. The zero-order valence-corrected chi connectivity index (χ0v) is 19.3. The van der Waals surface area contributed by atoms with Crippen molar-refractivity contribution in [3.8, 4) is 16.8 Å². The molecule has 3 aromatic carbocycles. The van der Waals surface area contributed by atoms with Crippen LogP contribution in [0.3, 0.4) is 0 Å². The maximum Gasteiger partial charge on any atom is 0.326 e. The standard InChI is InChI=1S/C29H25N3O3/c1-31-25-15-14-22(32-16-8-9-17-32)19-23(25)26(21-12-6-3-7-13-21)27(31)28(33)30-24(29(34)35)18-20-10-4-2-5-11-20/h2-17,19,24H,18H2,1H3,(H,30,33)(H,34,35)/t24-/m0/s1. The van der Waals surface area contributed by atoms with E-state index >= 15 is 0 Å². The first kappa shape index (κ1) is 22.2. The van der Waals surface area contributed by atoms with Gasteiger partial charge in [-0.3, -0.25) is 4.79 Å². The normalized spacial score (nSPS) is 11.9. The van der Waals surface area contributed by atoms with Gasteiger partial charge in [0, 0.05) is 48.0 Å². The maximum atomic E-state index is 13.6. The molecule has 0 saturated carbocycles. The van der Waals surface area contributed by atoms with E-state index in [0.29, 0.717) is 5.69 Å². The molecular formula is C29H25N3O3. The van der Waals surface area contributed by atoms with E-state index in [2.05, 4.69) is 11.4 Å². The van der Waals surface area contributed by atoms with Gasteiger partial charge < -0.3 is 19.6 Å². The average molecular weight is 464 g/mol. The predicted octanol–water partition coefficient (Wildman–Crippen LogP) is 5.06. The maximum absolute atomic E-state index is 13.6. The molecule has 1 atom stereocenters. The van der Waals surface area contributed by atoms with Gasteiger partial charge in [0.25, 0.3) is 5.91 Å². The number of rotatable bonds is 7. The Kier molecular flexibility index (Phi) is 5.94. The summed E-state index contributed by atoms with van der Waals surface area (Å²) in [5.74, 6) is -1.49. The van der Waals surface area contributed by atoms with E-state index in [1.165, 1.54) is 0 Å². The number of hydrogen-bond acceptors (Lipinski definition) is 2. The summed E-state index contributed by atoms with van der Waals surface area (Å²) in [5.41, 5.74) is 4.80. The van der Waals surface area contributed by atoms with Crippen molar-refractivity contribution in [2.24, 2.45) is 7.05 Å². The summed E-state index contributed by atoms with van der Waals surface area (Å²) in [6.45, 7) is 0. The first-order chi connectivity index (χ1) is 17.0. The summed E-state index contributed by atoms with van der Waals surface area (Å²) in [6, 6.07) is 28.0. The molecule has 6 heteroatoms. The Hall–Kier alpha value is -4.58. The van der Waals surface area contributed by atoms with Gasteiger partial charge in [-0.1, -0.05) is 60.7 Å². The van der Waals surface area contributed by atoms with Gasteiger partial charge >= 0.3 is 5.97 Å². The molecule has 0 aliphatic rings. The molecule has 0 spiro atoms. The summed E-state index contributed by atoms with van der Waals surface area (Å²) in [4.78, 5) is 25.7. The van der Waals surface area contributed by atoms with Crippen LogP contribution >= 0.6 is 0 Å². The van der Waals surface area contributed by atoms with Gasteiger partial charge in [-0.2, -0.15) is 0 Å². The molecule has 0 saturated heterocycles. The number of carboxylic acid groups (broad SMARTS) is 1. The van der Waals surface area contributed by atoms with Crippen molar-refractivity contribution in [2.45, 2.75) is 12.5 Å². The lowest BCUT2D eigenvalue weighted by molar-refractivity contribution is -0.139. The second-order valence-electron chi connectivity index (χ2n) is 8.49. The van der Waals surface area contributed by atoms with E-state index in [9.17, 15) is 14.7 Å². The Morgan fingerprint density at radius 1 is 0.886 bits per heavy atom. The number of carbonyl (C=O) groups excluding carboxylic acids is 1. The SMILES string of the molecule is Cn1c(C(=O)N[C@@H](Cc2ccccc2)C(=O)O)c(-c2ccccc2)c2cc(-n3cccc3)ccc21. The largest absolute Gasteiger partial charge is 0.480 e. The molecule has 0 fully saturated rings. The number of nitrogens with zero attached hydrogens (tertiary/aromatic N) is 2. The van der Waals surface area contributed by atoms with Crippen LogP contribution in [0.4, 0.5) is 0 Å². The van der Waals surface area contributed by atoms with E-state index in [-0.39, 0.29) is 6.42 Å². The third-order valence-corrected chi connectivity index (χ3v) is 6.25. The summed E-state index contributed by atoms with van der Waals surface area (Å²) in [7, 11) is 1.84. The first-order valence-corrected chi connectivity index (χ1v) is 11.4. The van der Waals surface area contributed by atoms with Gasteiger partial charge in [-0.05, 0) is 41.5 Å². The lowest BCUT2D eigenvalue weighted by atomic mass is 10.0. The van der Waals surface area contributed by atoms with Crippen LogP contribution in [0.25, 0.3) is 27.7 Å². The van der Waals surface area contributed by atoms with Gasteiger partial charge in [0.1, 0.15) is 11.7 Å². The first-order valence-electron chi connectivity index (χ1n) is 11.4. The minimum absolute atomic E-state index is 0.199. The number of aryl methyl sites for hydroxylation is 1. The summed E-state index contributed by atoms with van der Waals surface area (Å²) in [5, 5.41) is 13.5. The zero-order valence-electron chi connectivity index (χ0n) is 19.3. The Morgan fingerprint density at radius 2 is 1.54 bits per heavy atom. The fourth-order valence-electron chi connectivity index (χ4n) is 4.54. The number of benzene rings is 3. The molecule has 0 unspecified atom stereocenters. The van der Waals surface area contributed by atoms with Crippen LogP contribution in [-0.2, 0) is 18.3 Å². The van der Waals surface area contributed by atoms with Gasteiger partial charge in [0.05, 0.1) is 0 Å². The zero-order chi connectivity index (χ0) is 24.4. The molecule has 2 heterocycles. The molecule has 2 N–H and O–H groups in total. The van der Waals surface area contributed by atoms with E-state index in [4.69, 9.17) is 0 Å². The molecule has 0 bridgehead atoms. The van der Waals surface area contributed by atoms with E-state index < -0.39 is 17.9 Å². The van der Waals surface area contributed by atoms with Crippen molar-refractivity contribution < 1.29 is 14.7 Å². The minimum Gasteiger partial charge on any atom is -0.480 e. The molecule has 0 radical (unpaired) electrons. The Morgan fingerprint density at radius 3 is 2.20 bits per heavy atom. The van der Waals surface area contributed by atoms with Crippen LogP contribution in [0.2, 0.25) is 0 Å². The van der Waals surface area contributed by atoms with Crippen molar-refractivity contribution in [2.75, 3.05) is 0 Å². The van der Waals surface area contributed by atoms with Crippen LogP contribution in [0.15, 0.2) is 103 Å². The smallest absolute Gasteiger partial charge is 0.326 e. The van der Waals surface area contributed by atoms with Crippen molar-refractivity contribution >= 4 is 22.8 Å². The number of aromatic nitrogens is 2. The monoisotopic (exact) mass is 463 g/mol. The molecule has 0 aliphatic heterocycles. The third-order valence-electron chi connectivity index (χ3n) is 6.25. The van der Waals surface area contributed by atoms with E-state index in [1.54, 1.807) is 0 Å². The summed E-state index contributed by atoms with van der Waals surface area (Å²) < 4.78 is 3.86. The third kappa shape index (κ3) is 4.34. The minimum atomic E-state index is -1.07. The van der Waals surface area contributed by atoms with Crippen LogP contribution < -0.4 is 5.32 Å². The Balaban J connectivity index is 1.61. The topological polar surface area (TPSA) is 76.3 Å². The average Bonchev–Trinajstić information content (AvgIpc) is 3.51. The second kappa shape index (κ2) is 9.35. The van der Waals surface area contributed by atoms with Crippen LogP contribution in [0.5, 0.6) is 0 Å². The number of carboxylic acids is 1. The van der Waals surface area contributed by atoms with Gasteiger partial charge in [0.15, 0.2) is 0 Å². The number of amides is 1. The lowest BCUT2D eigenvalue weighted by Crippen LogP contribution is -2.43. The van der Waals surface area contributed by atoms with Crippen molar-refractivity contribution in [1.82, 2.24) is 14.5 Å². The Labute approximate surface area is 203 Å². The number of hydrogen-bond donors (Lipinski definition) is 2. The molecule has 6 nitrogen and oxygen atoms in total. The molecule has 35 heavy (non-hydrogen) atoms. The van der Waals surface area contributed by atoms with Crippen molar-refractivity contribution in [3.05, 3.63) is 115 Å². The van der Waals surface area contributed by atoms with Gasteiger partial charge in [-0.25, -0.2) is 4.79 Å². The molecule has 2 aromatic heterocycles. The van der Waals surface area contributed by atoms with E-state index in [1.807, 2.05) is 114 Å². The molecule has 5 aromatic rings. The molecule has 0 aliphatic carbocycles. The highest BCUT2D eigenvalue weighted by Crippen LogP contribution is 2.35. The molecule has 1 amide bonds. The fourth-order valence-corrected chi connectivity index (χ4v) is 4.54. The molecule has 5 rings (SSSR count). The quantitative estimate of drug-likeness (QED) is 0.354. The number of carbonyl (C=O) groups is 2. The Bertz CT molecular complexity index is 1490. The van der Waals surface area contributed by atoms with Gasteiger partial charge in [-0.15, -0.1) is 0 Å². The molecule has 174 valence electrons. The summed E-state index contributed by atoms with van der Waals surface area (Å²) >= 11 is 0. The van der Waals surface area contributed by atoms with Crippen LogP contribution in [-0.4, -0.2) is 32.2 Å². The highest BCUT2D eigenvalue weighted by Gasteiger charge is 2.27. The van der Waals surface area contributed by atoms with Gasteiger partial charge in [0.2, 0.25) is 0 Å². The lowest BCUT2D eigenvalue weighted by Gasteiger charge is -2.16. The fraction of sp³-hybridized carbons (Fsp3) is 0.103. The van der Waals surface area contributed by atoms with E-state index in [0.717, 1.165) is 33.3 Å². The highest BCUT2D eigenvalue weighted by molar-refractivity contribution is 6.11. The van der Waals surface area contributed by atoms with Crippen molar-refractivity contribution in [3.63, 3.8) is 0 Å².